The van der Waals surface area contributed by atoms with Gasteiger partial charge in [-0.1, -0.05) is 103 Å². The third-order valence-corrected chi connectivity index (χ3v) is 9.59. The van der Waals surface area contributed by atoms with Crippen LogP contribution in [0.3, 0.4) is 0 Å². The molecule has 0 saturated carbocycles. The molecular weight excluding hydrogens is 503 g/mol. The molecule has 5 aromatic carbocycles. The standard InChI is InChI=1S/C37H31BO3/c1-35(2)36(3,4)41-38(40-35)26-13-11-12-24(22-26)25-20-21-32-34(23-25)39-33-19-10-9-18-31(33)37(32)29-16-7-5-14-27(29)28-15-6-8-17-30(28)37/h5-23H,1-4H3. The van der Waals surface area contributed by atoms with E-state index in [0.717, 1.165) is 28.1 Å². The molecule has 4 heteroatoms. The molecule has 1 fully saturated rings. The molecule has 3 aliphatic rings. The molecular formula is C37H31BO3. The van der Waals surface area contributed by atoms with Crippen LogP contribution in [0.5, 0.6) is 11.5 Å². The molecule has 41 heavy (non-hydrogen) atoms. The van der Waals surface area contributed by atoms with E-state index >= 15 is 0 Å². The fraction of sp³-hybridized carbons (Fsp3) is 0.189. The summed E-state index contributed by atoms with van der Waals surface area (Å²) >= 11 is 0. The molecule has 200 valence electrons. The number of para-hydroxylation sites is 1. The van der Waals surface area contributed by atoms with Gasteiger partial charge in [-0.05, 0) is 78.7 Å². The lowest BCUT2D eigenvalue weighted by Crippen LogP contribution is -2.41. The lowest BCUT2D eigenvalue weighted by atomic mass is 9.66. The van der Waals surface area contributed by atoms with Gasteiger partial charge < -0.3 is 14.0 Å². The molecule has 0 aromatic heterocycles. The van der Waals surface area contributed by atoms with E-state index in [9.17, 15) is 0 Å². The Bertz CT molecular complexity index is 1790. The highest BCUT2D eigenvalue weighted by atomic mass is 16.7. The lowest BCUT2D eigenvalue weighted by molar-refractivity contribution is 0.00578. The molecule has 0 N–H and O–H groups in total. The third-order valence-electron chi connectivity index (χ3n) is 9.59. The second-order valence-corrected chi connectivity index (χ2v) is 12.4. The highest BCUT2D eigenvalue weighted by Crippen LogP contribution is 2.62. The summed E-state index contributed by atoms with van der Waals surface area (Å²) in [5.41, 5.74) is 9.50. The van der Waals surface area contributed by atoms with Gasteiger partial charge in [0.2, 0.25) is 0 Å². The maximum atomic E-state index is 6.69. The van der Waals surface area contributed by atoms with Crippen molar-refractivity contribution in [3.63, 3.8) is 0 Å². The van der Waals surface area contributed by atoms with Gasteiger partial charge in [0.05, 0.1) is 16.6 Å². The maximum absolute atomic E-state index is 6.69. The quantitative estimate of drug-likeness (QED) is 0.210. The van der Waals surface area contributed by atoms with Crippen molar-refractivity contribution in [1.82, 2.24) is 0 Å². The second kappa shape index (κ2) is 8.45. The molecule has 1 saturated heterocycles. The molecule has 8 rings (SSSR count). The van der Waals surface area contributed by atoms with Gasteiger partial charge in [0.1, 0.15) is 11.5 Å². The molecule has 0 radical (unpaired) electrons. The monoisotopic (exact) mass is 534 g/mol. The predicted octanol–water partition coefficient (Wildman–Crippen LogP) is 8.12. The Morgan fingerprint density at radius 3 is 1.73 bits per heavy atom. The van der Waals surface area contributed by atoms with Gasteiger partial charge in [0.25, 0.3) is 0 Å². The van der Waals surface area contributed by atoms with E-state index in [-0.39, 0.29) is 11.2 Å². The fourth-order valence-electron chi connectivity index (χ4n) is 6.88. The van der Waals surface area contributed by atoms with E-state index in [1.165, 1.54) is 33.4 Å². The minimum Gasteiger partial charge on any atom is -0.457 e. The first-order chi connectivity index (χ1) is 19.8. The van der Waals surface area contributed by atoms with E-state index in [1.807, 2.05) is 0 Å². The molecule has 0 unspecified atom stereocenters. The maximum Gasteiger partial charge on any atom is 0.494 e. The first-order valence-corrected chi connectivity index (χ1v) is 14.4. The minimum absolute atomic E-state index is 0.386. The number of hydrogen-bond acceptors (Lipinski definition) is 3. The van der Waals surface area contributed by atoms with Crippen LogP contribution in [0.1, 0.15) is 49.9 Å². The Balaban J connectivity index is 1.29. The van der Waals surface area contributed by atoms with E-state index in [1.54, 1.807) is 0 Å². The number of ether oxygens (including phenoxy) is 1. The van der Waals surface area contributed by atoms with Crippen molar-refractivity contribution in [3.05, 3.63) is 138 Å². The molecule has 0 bridgehead atoms. The summed E-state index contributed by atoms with van der Waals surface area (Å²) < 4.78 is 19.4. The number of rotatable bonds is 2. The van der Waals surface area contributed by atoms with Crippen molar-refractivity contribution in [1.29, 1.82) is 0 Å². The highest BCUT2D eigenvalue weighted by molar-refractivity contribution is 6.62. The Kier molecular flexibility index (Phi) is 5.08. The molecule has 0 atom stereocenters. The third kappa shape index (κ3) is 3.35. The van der Waals surface area contributed by atoms with Gasteiger partial charge in [-0.25, -0.2) is 0 Å². The van der Waals surface area contributed by atoms with E-state index < -0.39 is 12.5 Å². The number of fused-ring (bicyclic) bond motifs is 9. The largest absolute Gasteiger partial charge is 0.494 e. The summed E-state index contributed by atoms with van der Waals surface area (Å²) in [5.74, 6) is 1.78. The smallest absolute Gasteiger partial charge is 0.457 e. The van der Waals surface area contributed by atoms with E-state index in [0.29, 0.717) is 0 Å². The zero-order chi connectivity index (χ0) is 28.0. The minimum atomic E-state index is -0.444. The van der Waals surface area contributed by atoms with Crippen molar-refractivity contribution >= 4 is 12.6 Å². The van der Waals surface area contributed by atoms with Gasteiger partial charge in [-0.3, -0.25) is 0 Å². The van der Waals surface area contributed by atoms with Crippen LogP contribution in [-0.2, 0) is 14.7 Å². The molecule has 2 heterocycles. The zero-order valence-electron chi connectivity index (χ0n) is 23.8. The van der Waals surface area contributed by atoms with Crippen LogP contribution < -0.4 is 10.2 Å². The predicted molar refractivity (Wildman–Crippen MR) is 165 cm³/mol. The Hall–Kier alpha value is -4.12. The molecule has 3 nitrogen and oxygen atoms in total. The van der Waals surface area contributed by atoms with Crippen LogP contribution in [0.25, 0.3) is 22.3 Å². The Morgan fingerprint density at radius 1 is 0.488 bits per heavy atom. The molecule has 0 amide bonds. The van der Waals surface area contributed by atoms with Gasteiger partial charge in [0, 0.05) is 11.1 Å². The molecule has 1 aliphatic carbocycles. The average molecular weight is 534 g/mol. The summed E-state index contributed by atoms with van der Waals surface area (Å²) in [7, 11) is -0.407. The van der Waals surface area contributed by atoms with E-state index in [4.69, 9.17) is 14.0 Å². The van der Waals surface area contributed by atoms with E-state index in [2.05, 4.69) is 143 Å². The topological polar surface area (TPSA) is 27.7 Å². The molecule has 2 aliphatic heterocycles. The first-order valence-electron chi connectivity index (χ1n) is 14.4. The second-order valence-electron chi connectivity index (χ2n) is 12.4. The van der Waals surface area contributed by atoms with Gasteiger partial charge in [-0.2, -0.15) is 0 Å². The van der Waals surface area contributed by atoms with Crippen LogP contribution in [0.4, 0.5) is 0 Å². The SMILES string of the molecule is CC1(C)OB(c2cccc(-c3ccc4c(c3)Oc3ccccc3C43c4ccccc4-c4ccccc43)c2)OC1(C)C. The summed E-state index contributed by atoms with van der Waals surface area (Å²) in [4.78, 5) is 0. The normalized spacial score (nSPS) is 18.3. The highest BCUT2D eigenvalue weighted by Gasteiger charge is 2.52. The molecule has 1 spiro atoms. The van der Waals surface area contributed by atoms with Crippen LogP contribution in [-0.4, -0.2) is 18.3 Å². The van der Waals surface area contributed by atoms with Crippen molar-refractivity contribution in [3.8, 4) is 33.8 Å². The summed E-state index contributed by atoms with van der Waals surface area (Å²) in [6.07, 6.45) is 0. The Labute approximate surface area is 241 Å². The van der Waals surface area contributed by atoms with Crippen LogP contribution >= 0.6 is 0 Å². The summed E-state index contributed by atoms with van der Waals surface area (Å²) in [6, 6.07) is 41.3. The molecule has 5 aromatic rings. The van der Waals surface area contributed by atoms with Gasteiger partial charge >= 0.3 is 7.12 Å². The Morgan fingerprint density at radius 2 is 1.05 bits per heavy atom. The number of hydrogen-bond donors (Lipinski definition) is 0. The van der Waals surface area contributed by atoms with Crippen molar-refractivity contribution < 1.29 is 14.0 Å². The average Bonchev–Trinajstić information content (AvgIpc) is 3.40. The summed E-state index contributed by atoms with van der Waals surface area (Å²) in [5, 5.41) is 0. The summed E-state index contributed by atoms with van der Waals surface area (Å²) in [6.45, 7) is 8.35. The van der Waals surface area contributed by atoms with Crippen molar-refractivity contribution in [2.75, 3.05) is 0 Å². The first kappa shape index (κ1) is 24.7. The van der Waals surface area contributed by atoms with Gasteiger partial charge in [-0.15, -0.1) is 0 Å². The van der Waals surface area contributed by atoms with Crippen LogP contribution in [0.15, 0.2) is 115 Å². The van der Waals surface area contributed by atoms with Crippen LogP contribution in [0, 0.1) is 0 Å². The zero-order valence-corrected chi connectivity index (χ0v) is 23.8. The van der Waals surface area contributed by atoms with Crippen LogP contribution in [0.2, 0.25) is 0 Å². The van der Waals surface area contributed by atoms with Crippen molar-refractivity contribution in [2.45, 2.75) is 44.3 Å². The lowest BCUT2D eigenvalue weighted by Gasteiger charge is -2.39. The number of benzene rings is 5. The fourth-order valence-corrected chi connectivity index (χ4v) is 6.88. The van der Waals surface area contributed by atoms with Crippen molar-refractivity contribution in [2.24, 2.45) is 0 Å². The van der Waals surface area contributed by atoms with Gasteiger partial charge in [0.15, 0.2) is 0 Å².